The van der Waals surface area contributed by atoms with Gasteiger partial charge < -0.3 is 30.5 Å². The first-order chi connectivity index (χ1) is 19.2. The first kappa shape index (κ1) is 32.0. The zero-order chi connectivity index (χ0) is 29.5. The van der Waals surface area contributed by atoms with E-state index in [2.05, 4.69) is 37.8 Å². The number of unbranched alkanes of at least 4 members (excludes halogenated alkanes) is 1. The van der Waals surface area contributed by atoms with Crippen LogP contribution in [-0.4, -0.2) is 85.5 Å². The fraction of sp³-hybridized carbons (Fsp3) is 0.448. The van der Waals surface area contributed by atoms with E-state index in [0.717, 1.165) is 6.42 Å². The van der Waals surface area contributed by atoms with Crippen LogP contribution in [0.15, 0.2) is 36.5 Å². The SMILES string of the molecule is CCCNc1nc(Nc2ccc(OC)c(F)c2)ncc1C#CCCCNC(=O)[C@H](C)N(C)C(=O)/C=C/CN(C)C. The summed E-state index contributed by atoms with van der Waals surface area (Å²) in [7, 11) is 6.85. The molecule has 0 bridgehead atoms. The molecule has 1 aromatic carbocycles. The Bertz CT molecular complexity index is 1220. The maximum atomic E-state index is 14.0. The summed E-state index contributed by atoms with van der Waals surface area (Å²) in [6.07, 6.45) is 6.96. The Balaban J connectivity index is 1.90. The molecule has 2 amide bonds. The van der Waals surface area contributed by atoms with Crippen molar-refractivity contribution >= 4 is 29.3 Å². The molecule has 0 saturated heterocycles. The fourth-order valence-corrected chi connectivity index (χ4v) is 3.33. The van der Waals surface area contributed by atoms with E-state index < -0.39 is 11.9 Å². The normalized spacial score (nSPS) is 11.5. The van der Waals surface area contributed by atoms with Gasteiger partial charge in [0.15, 0.2) is 11.6 Å². The van der Waals surface area contributed by atoms with Crippen LogP contribution in [0.5, 0.6) is 5.75 Å². The minimum atomic E-state index is -0.589. The Hall–Kier alpha value is -4.17. The first-order valence-corrected chi connectivity index (χ1v) is 13.2. The summed E-state index contributed by atoms with van der Waals surface area (Å²) in [6, 6.07) is 3.93. The molecule has 2 aromatic rings. The molecule has 11 heteroatoms. The topological polar surface area (TPSA) is 112 Å². The number of anilines is 3. The van der Waals surface area contributed by atoms with Crippen molar-refractivity contribution < 1.29 is 18.7 Å². The lowest BCUT2D eigenvalue weighted by Gasteiger charge is -2.23. The highest BCUT2D eigenvalue weighted by Crippen LogP contribution is 2.23. The fourth-order valence-electron chi connectivity index (χ4n) is 3.33. The van der Waals surface area contributed by atoms with Crippen molar-refractivity contribution in [1.29, 1.82) is 0 Å². The lowest BCUT2D eigenvalue weighted by atomic mass is 10.2. The average Bonchev–Trinajstić information content (AvgIpc) is 2.93. The molecule has 0 saturated carbocycles. The third kappa shape index (κ3) is 10.5. The zero-order valence-corrected chi connectivity index (χ0v) is 24.2. The van der Waals surface area contributed by atoms with E-state index in [0.29, 0.717) is 55.5 Å². The first-order valence-electron chi connectivity index (χ1n) is 13.2. The number of nitrogens with one attached hydrogen (secondary N) is 3. The van der Waals surface area contributed by atoms with Crippen molar-refractivity contribution in [2.75, 3.05) is 58.5 Å². The number of nitrogens with zero attached hydrogens (tertiary/aromatic N) is 4. The second-order valence-electron chi connectivity index (χ2n) is 9.34. The van der Waals surface area contributed by atoms with Gasteiger partial charge in [0.1, 0.15) is 11.9 Å². The molecule has 0 radical (unpaired) electrons. The van der Waals surface area contributed by atoms with Gasteiger partial charge in [-0.15, -0.1) is 0 Å². The van der Waals surface area contributed by atoms with E-state index >= 15 is 0 Å². The number of hydrogen-bond acceptors (Lipinski definition) is 8. The molecule has 216 valence electrons. The van der Waals surface area contributed by atoms with Gasteiger partial charge in [0, 0.05) is 50.9 Å². The summed E-state index contributed by atoms with van der Waals surface area (Å²) in [5.74, 6) is 6.31. The van der Waals surface area contributed by atoms with Crippen molar-refractivity contribution in [2.45, 2.75) is 39.2 Å². The van der Waals surface area contributed by atoms with E-state index in [1.807, 2.05) is 25.9 Å². The van der Waals surface area contributed by atoms with Crippen LogP contribution in [-0.2, 0) is 9.59 Å². The molecule has 0 aliphatic heterocycles. The molecule has 1 heterocycles. The van der Waals surface area contributed by atoms with Gasteiger partial charge in [-0.3, -0.25) is 9.59 Å². The third-order valence-corrected chi connectivity index (χ3v) is 5.78. The van der Waals surface area contributed by atoms with E-state index in [1.54, 1.807) is 32.3 Å². The van der Waals surface area contributed by atoms with Crippen molar-refractivity contribution in [1.82, 2.24) is 25.1 Å². The number of hydrogen-bond donors (Lipinski definition) is 3. The molecule has 40 heavy (non-hydrogen) atoms. The molecule has 3 N–H and O–H groups in total. The van der Waals surface area contributed by atoms with Crippen LogP contribution in [0.25, 0.3) is 0 Å². The molecule has 2 rings (SSSR count). The van der Waals surface area contributed by atoms with Gasteiger partial charge in [-0.2, -0.15) is 4.98 Å². The average molecular weight is 554 g/mol. The number of halogens is 1. The van der Waals surface area contributed by atoms with E-state index in [1.165, 1.54) is 30.2 Å². The predicted molar refractivity (Wildman–Crippen MR) is 156 cm³/mol. The minimum Gasteiger partial charge on any atom is -0.494 e. The minimum absolute atomic E-state index is 0.155. The highest BCUT2D eigenvalue weighted by molar-refractivity contribution is 5.92. The number of amides is 2. The summed E-state index contributed by atoms with van der Waals surface area (Å²) >= 11 is 0. The van der Waals surface area contributed by atoms with Crippen molar-refractivity contribution in [3.63, 3.8) is 0 Å². The summed E-state index contributed by atoms with van der Waals surface area (Å²) < 4.78 is 19.0. The summed E-state index contributed by atoms with van der Waals surface area (Å²) in [4.78, 5) is 36.9. The molecule has 0 aliphatic rings. The highest BCUT2D eigenvalue weighted by Gasteiger charge is 2.20. The van der Waals surface area contributed by atoms with Crippen molar-refractivity contribution in [3.8, 4) is 17.6 Å². The predicted octanol–water partition coefficient (Wildman–Crippen LogP) is 3.40. The summed E-state index contributed by atoms with van der Waals surface area (Å²) in [5.41, 5.74) is 1.13. The van der Waals surface area contributed by atoms with Gasteiger partial charge in [-0.1, -0.05) is 24.8 Å². The Morgan fingerprint density at radius 3 is 2.67 bits per heavy atom. The molecule has 0 spiro atoms. The molecule has 1 aromatic heterocycles. The Morgan fingerprint density at radius 2 is 2.00 bits per heavy atom. The number of ether oxygens (including phenoxy) is 1. The molecule has 0 unspecified atom stereocenters. The van der Waals surface area contributed by atoms with E-state index in [9.17, 15) is 14.0 Å². The smallest absolute Gasteiger partial charge is 0.246 e. The second kappa shape index (κ2) is 16.7. The van der Waals surface area contributed by atoms with Gasteiger partial charge in [-0.25, -0.2) is 9.37 Å². The summed E-state index contributed by atoms with van der Waals surface area (Å²) in [5, 5.41) is 9.11. The van der Waals surface area contributed by atoms with Crippen LogP contribution in [0.4, 0.5) is 21.8 Å². The lowest BCUT2D eigenvalue weighted by molar-refractivity contribution is -0.135. The van der Waals surface area contributed by atoms with Gasteiger partial charge in [-0.05, 0) is 46.0 Å². The zero-order valence-electron chi connectivity index (χ0n) is 24.2. The van der Waals surface area contributed by atoms with Crippen molar-refractivity contribution in [3.05, 3.63) is 47.9 Å². The van der Waals surface area contributed by atoms with Crippen molar-refractivity contribution in [2.24, 2.45) is 0 Å². The van der Waals surface area contributed by atoms with E-state index in [-0.39, 0.29) is 17.6 Å². The van der Waals surface area contributed by atoms with E-state index in [4.69, 9.17) is 4.74 Å². The van der Waals surface area contributed by atoms with Crippen LogP contribution in [0.1, 0.15) is 38.7 Å². The van der Waals surface area contributed by atoms with Crippen LogP contribution >= 0.6 is 0 Å². The summed E-state index contributed by atoms with van der Waals surface area (Å²) in [6.45, 7) is 5.53. The molecular weight excluding hydrogens is 513 g/mol. The number of carbonyl (C=O) groups excluding carboxylic acids is 2. The largest absolute Gasteiger partial charge is 0.494 e. The number of methoxy groups -OCH3 is 1. The van der Waals surface area contributed by atoms with Gasteiger partial charge >= 0.3 is 0 Å². The molecule has 1 atom stereocenters. The van der Waals surface area contributed by atoms with Crippen LogP contribution < -0.4 is 20.7 Å². The van der Waals surface area contributed by atoms with Crippen LogP contribution in [0, 0.1) is 17.7 Å². The van der Waals surface area contributed by atoms with Gasteiger partial charge in [0.05, 0.1) is 18.9 Å². The maximum Gasteiger partial charge on any atom is 0.246 e. The Morgan fingerprint density at radius 1 is 1.23 bits per heavy atom. The number of aromatic nitrogens is 2. The second-order valence-corrected chi connectivity index (χ2v) is 9.34. The standard InChI is InChI=1S/C29H40FN7O3/c1-7-16-31-27-22(20-33-29(35-27)34-23-14-15-25(40-6)24(30)19-23)12-9-8-10-17-32-28(39)21(2)37(5)26(38)13-11-18-36(3)4/h11,13-15,19-21H,7-8,10,16-18H2,1-6H3,(H,32,39)(H2,31,33,34,35)/b13-11+/t21-/m0/s1. The third-order valence-electron chi connectivity index (χ3n) is 5.78. The molecule has 0 aliphatic carbocycles. The number of benzene rings is 1. The van der Waals surface area contributed by atoms with Gasteiger partial charge in [0.25, 0.3) is 0 Å². The molecule has 0 fully saturated rings. The monoisotopic (exact) mass is 553 g/mol. The number of likely N-dealkylation sites (N-methyl/N-ethyl adjacent to an activating group) is 2. The van der Waals surface area contributed by atoms with Gasteiger partial charge in [0.2, 0.25) is 17.8 Å². The highest BCUT2D eigenvalue weighted by atomic mass is 19.1. The Kier molecular flexibility index (Phi) is 13.4. The lowest BCUT2D eigenvalue weighted by Crippen LogP contribution is -2.45. The maximum absolute atomic E-state index is 14.0. The Labute approximate surface area is 236 Å². The quantitative estimate of drug-likeness (QED) is 0.185. The molecule has 10 nitrogen and oxygen atoms in total. The molecular formula is C29H40FN7O3. The van der Waals surface area contributed by atoms with Crippen LogP contribution in [0.3, 0.4) is 0 Å². The number of carbonyl (C=O) groups is 2. The van der Waals surface area contributed by atoms with Crippen LogP contribution in [0.2, 0.25) is 0 Å². The number of rotatable bonds is 14.